The van der Waals surface area contributed by atoms with Gasteiger partial charge < -0.3 is 9.84 Å². The van der Waals surface area contributed by atoms with Crippen molar-refractivity contribution in [3.8, 4) is 5.88 Å². The third kappa shape index (κ3) is 3.05. The highest BCUT2D eigenvalue weighted by molar-refractivity contribution is 6.31. The van der Waals surface area contributed by atoms with Gasteiger partial charge in [-0.05, 0) is 24.8 Å². The molecule has 0 amide bonds. The van der Waals surface area contributed by atoms with E-state index in [-0.39, 0.29) is 24.5 Å². The molecule has 1 heterocycles. The van der Waals surface area contributed by atoms with E-state index in [9.17, 15) is 13.2 Å². The molecule has 2 rings (SSSR count). The van der Waals surface area contributed by atoms with Gasteiger partial charge in [-0.2, -0.15) is 13.2 Å². The zero-order valence-electron chi connectivity index (χ0n) is 9.25. The lowest BCUT2D eigenvalue weighted by Gasteiger charge is -2.30. The van der Waals surface area contributed by atoms with Crippen molar-refractivity contribution >= 4 is 11.6 Å². The Morgan fingerprint density at radius 1 is 1.39 bits per heavy atom. The molecule has 0 spiro atoms. The van der Waals surface area contributed by atoms with Gasteiger partial charge in [0.1, 0.15) is 0 Å². The molecule has 1 aromatic rings. The minimum Gasteiger partial charge on any atom is -0.477 e. The fourth-order valence-corrected chi connectivity index (χ4v) is 1.96. The number of halogens is 4. The normalized spacial score (nSPS) is 23.6. The number of ether oxygens (including phenoxy) is 1. The fourth-order valence-electron chi connectivity index (χ4n) is 1.74. The Hall–Kier alpha value is -1.01. The van der Waals surface area contributed by atoms with Gasteiger partial charge in [0, 0.05) is 6.07 Å². The van der Waals surface area contributed by atoms with Crippen molar-refractivity contribution in [1.29, 1.82) is 0 Å². The quantitative estimate of drug-likeness (QED) is 0.926. The van der Waals surface area contributed by atoms with Crippen LogP contribution in [-0.4, -0.2) is 22.8 Å². The summed E-state index contributed by atoms with van der Waals surface area (Å²) in [5, 5.41) is 8.62. The second-order valence-electron chi connectivity index (χ2n) is 4.28. The number of aromatic nitrogens is 1. The van der Waals surface area contributed by atoms with Crippen LogP contribution in [0.5, 0.6) is 5.88 Å². The lowest BCUT2D eigenvalue weighted by molar-refractivity contribution is -0.141. The number of aliphatic hydroxyl groups is 1. The van der Waals surface area contributed by atoms with Crippen molar-refractivity contribution in [3.63, 3.8) is 0 Å². The molecule has 0 bridgehead atoms. The average molecular weight is 282 g/mol. The highest BCUT2D eigenvalue weighted by atomic mass is 35.5. The summed E-state index contributed by atoms with van der Waals surface area (Å²) in [4.78, 5) is 3.35. The van der Waals surface area contributed by atoms with Gasteiger partial charge in [-0.1, -0.05) is 11.6 Å². The van der Waals surface area contributed by atoms with Gasteiger partial charge in [-0.15, -0.1) is 0 Å². The van der Waals surface area contributed by atoms with Gasteiger partial charge in [0.2, 0.25) is 5.88 Å². The van der Waals surface area contributed by atoms with Crippen LogP contribution in [0.1, 0.15) is 18.5 Å². The molecule has 1 aliphatic carbocycles. The highest BCUT2D eigenvalue weighted by Crippen LogP contribution is 2.34. The predicted molar refractivity (Wildman–Crippen MR) is 58.5 cm³/mol. The zero-order valence-corrected chi connectivity index (χ0v) is 10.0. The maximum Gasteiger partial charge on any atom is 0.434 e. The maximum atomic E-state index is 12.5. The first-order valence-electron chi connectivity index (χ1n) is 5.41. The first-order valence-corrected chi connectivity index (χ1v) is 5.78. The lowest BCUT2D eigenvalue weighted by atomic mass is 9.83. The molecule has 1 N–H and O–H groups in total. The number of hydrogen-bond donors (Lipinski definition) is 1. The van der Waals surface area contributed by atoms with Crippen molar-refractivity contribution in [2.24, 2.45) is 5.92 Å². The topological polar surface area (TPSA) is 42.4 Å². The Morgan fingerprint density at radius 3 is 2.61 bits per heavy atom. The van der Waals surface area contributed by atoms with Crippen LogP contribution in [0.3, 0.4) is 0 Å². The maximum absolute atomic E-state index is 12.5. The van der Waals surface area contributed by atoms with Gasteiger partial charge >= 0.3 is 6.18 Å². The van der Waals surface area contributed by atoms with E-state index in [1.807, 2.05) is 0 Å². The molecule has 18 heavy (non-hydrogen) atoms. The van der Waals surface area contributed by atoms with E-state index < -0.39 is 16.9 Å². The molecule has 1 saturated carbocycles. The van der Waals surface area contributed by atoms with Crippen LogP contribution in [0.4, 0.5) is 13.2 Å². The third-order valence-corrected chi connectivity index (χ3v) is 3.07. The molecule has 1 fully saturated rings. The van der Waals surface area contributed by atoms with Gasteiger partial charge in [0.15, 0.2) is 5.69 Å². The van der Waals surface area contributed by atoms with Gasteiger partial charge in [-0.3, -0.25) is 0 Å². The minimum atomic E-state index is -4.59. The van der Waals surface area contributed by atoms with E-state index in [4.69, 9.17) is 21.4 Å². The number of pyridine rings is 1. The fraction of sp³-hybridized carbons (Fsp3) is 0.545. The first kappa shape index (κ1) is 13.4. The van der Waals surface area contributed by atoms with E-state index in [0.717, 1.165) is 6.07 Å². The van der Waals surface area contributed by atoms with E-state index in [1.54, 1.807) is 0 Å². The largest absolute Gasteiger partial charge is 0.477 e. The highest BCUT2D eigenvalue weighted by Gasteiger charge is 2.36. The summed E-state index contributed by atoms with van der Waals surface area (Å²) in [7, 11) is 0. The molecule has 1 aliphatic rings. The number of nitrogens with zero attached hydrogens (tertiary/aromatic N) is 1. The SMILES string of the molecule is OC1CC(COc2ccc(Cl)c(C(F)(F)F)n2)C1. The molecule has 0 aliphatic heterocycles. The predicted octanol–water partition coefficient (Wildman–Crippen LogP) is 2.90. The summed E-state index contributed by atoms with van der Waals surface area (Å²) in [5.41, 5.74) is -1.14. The smallest absolute Gasteiger partial charge is 0.434 e. The van der Waals surface area contributed by atoms with Gasteiger partial charge in [-0.25, -0.2) is 4.98 Å². The lowest BCUT2D eigenvalue weighted by Crippen LogP contribution is -2.32. The Morgan fingerprint density at radius 2 is 2.06 bits per heavy atom. The number of aliphatic hydroxyl groups excluding tert-OH is 1. The van der Waals surface area contributed by atoms with E-state index in [0.29, 0.717) is 12.8 Å². The summed E-state index contributed by atoms with van der Waals surface area (Å²) in [5.74, 6) is 0.0694. The molecular weight excluding hydrogens is 271 g/mol. The molecule has 0 atom stereocenters. The number of hydrogen-bond acceptors (Lipinski definition) is 3. The van der Waals surface area contributed by atoms with Crippen LogP contribution in [0.15, 0.2) is 12.1 Å². The monoisotopic (exact) mass is 281 g/mol. The van der Waals surface area contributed by atoms with Crippen LogP contribution in [0.25, 0.3) is 0 Å². The minimum absolute atomic E-state index is 0.104. The van der Waals surface area contributed by atoms with E-state index >= 15 is 0 Å². The van der Waals surface area contributed by atoms with Crippen molar-refractivity contribution in [2.45, 2.75) is 25.1 Å². The Balaban J connectivity index is 2.01. The molecule has 0 saturated heterocycles. The molecule has 100 valence electrons. The van der Waals surface area contributed by atoms with Crippen molar-refractivity contribution in [2.75, 3.05) is 6.61 Å². The van der Waals surface area contributed by atoms with Crippen molar-refractivity contribution < 1.29 is 23.0 Å². The van der Waals surface area contributed by atoms with Crippen LogP contribution < -0.4 is 4.74 Å². The summed E-state index contributed by atoms with van der Waals surface area (Å²) in [6.07, 6.45) is -3.69. The van der Waals surface area contributed by atoms with Crippen LogP contribution in [0, 0.1) is 5.92 Å². The summed E-state index contributed by atoms with van der Waals surface area (Å²) < 4.78 is 42.7. The summed E-state index contributed by atoms with van der Waals surface area (Å²) in [6.45, 7) is 0.253. The third-order valence-electron chi connectivity index (χ3n) is 2.77. The molecular formula is C11H11ClF3NO2. The molecule has 0 radical (unpaired) electrons. The van der Waals surface area contributed by atoms with Crippen molar-refractivity contribution in [1.82, 2.24) is 4.98 Å². The van der Waals surface area contributed by atoms with E-state index in [1.165, 1.54) is 6.07 Å². The second-order valence-corrected chi connectivity index (χ2v) is 4.69. The summed E-state index contributed by atoms with van der Waals surface area (Å²) >= 11 is 5.43. The summed E-state index contributed by atoms with van der Waals surface area (Å²) in [6, 6.07) is 2.41. The Kier molecular flexibility index (Phi) is 3.68. The zero-order chi connectivity index (χ0) is 13.3. The van der Waals surface area contributed by atoms with E-state index in [2.05, 4.69) is 4.98 Å². The molecule has 0 aromatic carbocycles. The second kappa shape index (κ2) is 4.93. The van der Waals surface area contributed by atoms with Crippen LogP contribution >= 0.6 is 11.6 Å². The van der Waals surface area contributed by atoms with Crippen LogP contribution in [-0.2, 0) is 6.18 Å². The molecule has 3 nitrogen and oxygen atoms in total. The molecule has 7 heteroatoms. The number of rotatable bonds is 3. The first-order chi connectivity index (χ1) is 8.36. The molecule has 0 unspecified atom stereocenters. The average Bonchev–Trinajstić information content (AvgIpc) is 2.23. The van der Waals surface area contributed by atoms with Crippen LogP contribution in [0.2, 0.25) is 5.02 Å². The standard InChI is InChI=1S/C11H11ClF3NO2/c12-8-1-2-9(16-10(8)11(13,14)15)18-5-6-3-7(17)4-6/h1-2,6-7,17H,3-5H2. The number of alkyl halides is 3. The van der Waals surface area contributed by atoms with Crippen molar-refractivity contribution in [3.05, 3.63) is 22.8 Å². The Labute approximate surface area is 107 Å². The van der Waals surface area contributed by atoms with Gasteiger partial charge in [0.25, 0.3) is 0 Å². The van der Waals surface area contributed by atoms with Gasteiger partial charge in [0.05, 0.1) is 17.7 Å². The Bertz CT molecular complexity index is 433. The molecule has 1 aromatic heterocycles.